The zero-order chi connectivity index (χ0) is 13.6. The molecule has 1 aliphatic rings. The van der Waals surface area contributed by atoms with Crippen LogP contribution in [0.1, 0.15) is 25.7 Å². The Morgan fingerprint density at radius 2 is 2.17 bits per heavy atom. The van der Waals surface area contributed by atoms with Crippen molar-refractivity contribution in [3.8, 4) is 11.8 Å². The molecule has 0 fully saturated rings. The van der Waals surface area contributed by atoms with E-state index >= 15 is 0 Å². The van der Waals surface area contributed by atoms with Gasteiger partial charge in [0.15, 0.2) is 5.78 Å². The minimum Gasteiger partial charge on any atom is -0.295 e. The van der Waals surface area contributed by atoms with E-state index in [9.17, 15) is 4.79 Å². The van der Waals surface area contributed by atoms with Gasteiger partial charge in [-0.05, 0) is 30.4 Å². The van der Waals surface area contributed by atoms with Gasteiger partial charge in [-0.3, -0.25) is 4.79 Å². The molecule has 0 amide bonds. The fraction of sp³-hybridized carbons (Fsp3) is 0.562. The molecule has 0 aromatic carbocycles. The lowest BCUT2D eigenvalue weighted by Gasteiger charge is -2.20. The highest BCUT2D eigenvalue weighted by Gasteiger charge is 2.18. The molecule has 0 heterocycles. The van der Waals surface area contributed by atoms with Gasteiger partial charge < -0.3 is 0 Å². The molecule has 1 aliphatic carbocycles. The van der Waals surface area contributed by atoms with E-state index in [1.165, 1.54) is 0 Å². The topological polar surface area (TPSA) is 17.1 Å². The van der Waals surface area contributed by atoms with Gasteiger partial charge >= 0.3 is 0 Å². The summed E-state index contributed by atoms with van der Waals surface area (Å²) in [7, 11) is -1.02. The van der Waals surface area contributed by atoms with E-state index in [0.29, 0.717) is 12.3 Å². The third-order valence-electron chi connectivity index (χ3n) is 3.14. The van der Waals surface area contributed by atoms with Gasteiger partial charge in [-0.1, -0.05) is 32.3 Å². The number of hydrogen-bond acceptors (Lipinski definition) is 1. The van der Waals surface area contributed by atoms with Gasteiger partial charge in [0.25, 0.3) is 0 Å². The second-order valence-corrected chi connectivity index (χ2v) is 11.7. The zero-order valence-electron chi connectivity index (χ0n) is 11.9. The van der Waals surface area contributed by atoms with Gasteiger partial charge in [-0.15, -0.1) is 11.8 Å². The summed E-state index contributed by atoms with van der Waals surface area (Å²) < 4.78 is 0. The van der Waals surface area contributed by atoms with Crippen LogP contribution in [0.5, 0.6) is 0 Å². The number of allylic oxidation sites excluding steroid dienone is 3. The van der Waals surface area contributed by atoms with E-state index in [1.54, 1.807) is 6.08 Å². The lowest BCUT2D eigenvalue weighted by Crippen LogP contribution is -2.17. The van der Waals surface area contributed by atoms with Crippen LogP contribution in [0.4, 0.5) is 0 Å². The standard InChI is InChI=1S/C16H24OSi/c1-5-14-13-16(17)11-10-15(14)9-7-6-8-12-18(2,3)4/h5,13,15H,1,7,9-12H2,2-4H3. The molecule has 1 rings (SSSR count). The third-order valence-corrected chi connectivity index (χ3v) is 4.37. The van der Waals surface area contributed by atoms with Crippen molar-refractivity contribution in [3.63, 3.8) is 0 Å². The molecule has 18 heavy (non-hydrogen) atoms. The Hall–Kier alpha value is -1.07. The average Bonchev–Trinajstić information content (AvgIpc) is 2.28. The summed E-state index contributed by atoms with van der Waals surface area (Å²) in [6, 6.07) is 1.08. The smallest absolute Gasteiger partial charge is 0.155 e. The minimum absolute atomic E-state index is 0.242. The highest BCUT2D eigenvalue weighted by atomic mass is 28.3. The molecule has 0 saturated carbocycles. The first-order valence-corrected chi connectivity index (χ1v) is 10.5. The van der Waals surface area contributed by atoms with Crippen LogP contribution in [0.25, 0.3) is 0 Å². The van der Waals surface area contributed by atoms with Crippen LogP contribution in [0.2, 0.25) is 25.7 Å². The van der Waals surface area contributed by atoms with Crippen LogP contribution in [0.3, 0.4) is 0 Å². The van der Waals surface area contributed by atoms with E-state index < -0.39 is 8.07 Å². The molecule has 1 unspecified atom stereocenters. The first-order chi connectivity index (χ1) is 8.42. The van der Waals surface area contributed by atoms with E-state index in [0.717, 1.165) is 30.9 Å². The maximum absolute atomic E-state index is 11.3. The fourth-order valence-electron chi connectivity index (χ4n) is 2.06. The Morgan fingerprint density at radius 1 is 1.44 bits per heavy atom. The molecule has 0 spiro atoms. The van der Waals surface area contributed by atoms with Gasteiger partial charge in [-0.25, -0.2) is 0 Å². The monoisotopic (exact) mass is 260 g/mol. The lowest BCUT2D eigenvalue weighted by molar-refractivity contribution is -0.115. The summed E-state index contributed by atoms with van der Waals surface area (Å²) in [6.07, 6.45) is 7.24. The molecule has 0 radical (unpaired) electrons. The Bertz CT molecular complexity index is 401. The van der Waals surface area contributed by atoms with E-state index in [1.807, 2.05) is 6.08 Å². The summed E-state index contributed by atoms with van der Waals surface area (Å²) in [5.74, 6) is 7.32. The quantitative estimate of drug-likeness (QED) is 0.547. The Kier molecular flexibility index (Phi) is 5.62. The van der Waals surface area contributed by atoms with E-state index in [-0.39, 0.29) is 5.78 Å². The molecule has 0 aliphatic heterocycles. The first kappa shape index (κ1) is 15.0. The van der Waals surface area contributed by atoms with Gasteiger partial charge in [-0.2, -0.15) is 0 Å². The molecule has 2 heteroatoms. The van der Waals surface area contributed by atoms with Crippen LogP contribution < -0.4 is 0 Å². The maximum atomic E-state index is 11.3. The van der Waals surface area contributed by atoms with Crippen molar-refractivity contribution in [2.24, 2.45) is 5.92 Å². The van der Waals surface area contributed by atoms with Crippen LogP contribution in [0, 0.1) is 17.8 Å². The van der Waals surface area contributed by atoms with Gasteiger partial charge in [0.05, 0.1) is 8.07 Å². The molecule has 1 atom stereocenters. The highest BCUT2D eigenvalue weighted by Crippen LogP contribution is 2.27. The molecule has 0 aromatic heterocycles. The van der Waals surface area contributed by atoms with Gasteiger partial charge in [0.2, 0.25) is 0 Å². The van der Waals surface area contributed by atoms with Gasteiger partial charge in [0.1, 0.15) is 0 Å². The molecule has 0 aromatic rings. The summed E-state index contributed by atoms with van der Waals surface area (Å²) >= 11 is 0. The summed E-state index contributed by atoms with van der Waals surface area (Å²) in [5.41, 5.74) is 1.11. The van der Waals surface area contributed by atoms with Crippen molar-refractivity contribution in [3.05, 3.63) is 24.3 Å². The van der Waals surface area contributed by atoms with Crippen LogP contribution in [-0.4, -0.2) is 13.9 Å². The van der Waals surface area contributed by atoms with Crippen LogP contribution in [0.15, 0.2) is 24.3 Å². The molecule has 1 nitrogen and oxygen atoms in total. The second kappa shape index (κ2) is 6.75. The average molecular weight is 260 g/mol. The maximum Gasteiger partial charge on any atom is 0.155 e. The summed E-state index contributed by atoms with van der Waals surface area (Å²) in [4.78, 5) is 11.3. The molecule has 0 saturated heterocycles. The first-order valence-electron chi connectivity index (χ1n) is 6.75. The van der Waals surface area contributed by atoms with E-state index in [2.05, 4.69) is 38.1 Å². The molecular weight excluding hydrogens is 236 g/mol. The molecule has 98 valence electrons. The van der Waals surface area contributed by atoms with E-state index in [4.69, 9.17) is 0 Å². The summed E-state index contributed by atoms with van der Waals surface area (Å²) in [6.45, 7) is 10.8. The summed E-state index contributed by atoms with van der Waals surface area (Å²) in [5, 5.41) is 0. The van der Waals surface area contributed by atoms with Crippen molar-refractivity contribution in [2.75, 3.05) is 0 Å². The SMILES string of the molecule is C=CC1=CC(=O)CCC1CCC#CC[Si](C)(C)C. The van der Waals surface area contributed by atoms with Crippen molar-refractivity contribution in [1.29, 1.82) is 0 Å². The molecule has 0 N–H and O–H groups in total. The zero-order valence-corrected chi connectivity index (χ0v) is 12.9. The normalized spacial score (nSPS) is 19.8. The Balaban J connectivity index is 2.42. The van der Waals surface area contributed by atoms with Crippen molar-refractivity contribution >= 4 is 13.9 Å². The Morgan fingerprint density at radius 3 is 2.78 bits per heavy atom. The number of ketones is 1. The van der Waals surface area contributed by atoms with Gasteiger partial charge in [0, 0.05) is 18.9 Å². The number of carbonyl (C=O) groups excluding carboxylic acids is 1. The van der Waals surface area contributed by atoms with Crippen molar-refractivity contribution in [1.82, 2.24) is 0 Å². The van der Waals surface area contributed by atoms with Crippen molar-refractivity contribution < 1.29 is 4.79 Å². The van der Waals surface area contributed by atoms with Crippen molar-refractivity contribution in [2.45, 2.75) is 51.4 Å². The third kappa shape index (κ3) is 5.51. The minimum atomic E-state index is -1.02. The molecular formula is C16H24OSi. The number of carbonyl (C=O) groups is 1. The lowest BCUT2D eigenvalue weighted by atomic mass is 9.84. The number of rotatable bonds is 4. The largest absolute Gasteiger partial charge is 0.295 e. The predicted molar refractivity (Wildman–Crippen MR) is 81.2 cm³/mol. The van der Waals surface area contributed by atoms with Crippen LogP contribution >= 0.6 is 0 Å². The second-order valence-electron chi connectivity index (χ2n) is 6.18. The van der Waals surface area contributed by atoms with Crippen LogP contribution in [-0.2, 0) is 4.79 Å². The number of hydrogen-bond donors (Lipinski definition) is 0. The Labute approximate surface area is 112 Å². The molecule has 0 bridgehead atoms. The fourth-order valence-corrected chi connectivity index (χ4v) is 2.71. The predicted octanol–water partition coefficient (Wildman–Crippen LogP) is 4.20. The highest BCUT2D eigenvalue weighted by molar-refractivity contribution is 6.76.